The van der Waals surface area contributed by atoms with E-state index in [1.807, 2.05) is 25.1 Å². The number of rotatable bonds is 6. The molecule has 0 bridgehead atoms. The lowest BCUT2D eigenvalue weighted by atomic mass is 10.1. The molecule has 0 atom stereocenters. The fourth-order valence-electron chi connectivity index (χ4n) is 1.78. The van der Waals surface area contributed by atoms with Gasteiger partial charge in [-0.05, 0) is 19.0 Å². The number of benzene rings is 1. The number of nitrogens with one attached hydrogen (secondary N) is 1. The van der Waals surface area contributed by atoms with Crippen molar-refractivity contribution >= 4 is 0 Å². The second-order valence-corrected chi connectivity index (χ2v) is 4.11. The monoisotopic (exact) mass is 246 g/mol. The molecule has 0 aliphatic carbocycles. The number of ether oxygens (including phenoxy) is 1. The maximum Gasteiger partial charge on any atom is 0.174 e. The third-order valence-electron chi connectivity index (χ3n) is 2.71. The minimum atomic E-state index is 0.407. The smallest absolute Gasteiger partial charge is 0.174 e. The van der Waals surface area contributed by atoms with Crippen molar-refractivity contribution in [2.24, 2.45) is 0 Å². The van der Waals surface area contributed by atoms with Crippen LogP contribution in [0.2, 0.25) is 0 Å². The predicted octanol–water partition coefficient (Wildman–Crippen LogP) is 2.67. The summed E-state index contributed by atoms with van der Waals surface area (Å²) in [5.74, 6) is 1.66. The van der Waals surface area contributed by atoms with Crippen LogP contribution in [0.1, 0.15) is 23.8 Å². The molecule has 0 saturated heterocycles. The summed E-state index contributed by atoms with van der Waals surface area (Å²) in [7, 11) is 0. The molecule has 96 valence electrons. The molecule has 4 nitrogen and oxygen atoms in total. The van der Waals surface area contributed by atoms with E-state index in [9.17, 15) is 0 Å². The van der Waals surface area contributed by atoms with Gasteiger partial charge in [-0.3, -0.25) is 0 Å². The molecule has 2 aromatic rings. The van der Waals surface area contributed by atoms with E-state index >= 15 is 0 Å². The molecule has 0 aliphatic heterocycles. The third-order valence-corrected chi connectivity index (χ3v) is 2.71. The number of para-hydroxylation sites is 1. The first-order chi connectivity index (χ1) is 8.81. The highest BCUT2D eigenvalue weighted by Gasteiger charge is 2.08. The number of hydrogen-bond donors (Lipinski definition) is 1. The molecule has 18 heavy (non-hydrogen) atoms. The van der Waals surface area contributed by atoms with Gasteiger partial charge in [0.1, 0.15) is 12.4 Å². The molecule has 0 spiro atoms. The number of aryl methyl sites for hydroxylation is 1. The topological polar surface area (TPSA) is 47.3 Å². The molecule has 0 amide bonds. The maximum atomic E-state index is 5.84. The molecule has 0 aliphatic rings. The fourth-order valence-corrected chi connectivity index (χ4v) is 1.78. The van der Waals surface area contributed by atoms with Gasteiger partial charge in [-0.1, -0.05) is 30.3 Å². The molecule has 0 fully saturated rings. The van der Waals surface area contributed by atoms with Crippen molar-refractivity contribution in [1.82, 2.24) is 10.5 Å². The Kier molecular flexibility index (Phi) is 4.36. The first-order valence-corrected chi connectivity index (χ1v) is 6.13. The largest absolute Gasteiger partial charge is 0.485 e. The molecule has 1 N–H and O–H groups in total. The van der Waals surface area contributed by atoms with Crippen molar-refractivity contribution < 1.29 is 9.26 Å². The van der Waals surface area contributed by atoms with Crippen molar-refractivity contribution in [3.8, 4) is 5.75 Å². The van der Waals surface area contributed by atoms with Crippen LogP contribution >= 0.6 is 0 Å². The molecule has 0 unspecified atom stereocenters. The lowest BCUT2D eigenvalue weighted by Crippen LogP contribution is -2.13. The maximum absolute atomic E-state index is 5.84. The van der Waals surface area contributed by atoms with E-state index in [0.717, 1.165) is 35.7 Å². The van der Waals surface area contributed by atoms with Gasteiger partial charge in [0.15, 0.2) is 5.76 Å². The van der Waals surface area contributed by atoms with Crippen LogP contribution in [0, 0.1) is 6.92 Å². The van der Waals surface area contributed by atoms with Gasteiger partial charge >= 0.3 is 0 Å². The van der Waals surface area contributed by atoms with Crippen LogP contribution in [0.5, 0.6) is 5.75 Å². The Morgan fingerprint density at radius 1 is 1.33 bits per heavy atom. The zero-order valence-electron chi connectivity index (χ0n) is 10.8. The quantitative estimate of drug-likeness (QED) is 0.851. The summed E-state index contributed by atoms with van der Waals surface area (Å²) in [5, 5.41) is 6.97. The first-order valence-electron chi connectivity index (χ1n) is 6.13. The van der Waals surface area contributed by atoms with Crippen molar-refractivity contribution in [1.29, 1.82) is 0 Å². The second-order valence-electron chi connectivity index (χ2n) is 4.11. The predicted molar refractivity (Wildman–Crippen MR) is 69.4 cm³/mol. The number of aromatic nitrogens is 1. The minimum Gasteiger partial charge on any atom is -0.485 e. The Balaban J connectivity index is 2.09. The first kappa shape index (κ1) is 12.6. The third kappa shape index (κ3) is 3.11. The van der Waals surface area contributed by atoms with Crippen LogP contribution in [0.3, 0.4) is 0 Å². The van der Waals surface area contributed by atoms with Crippen LogP contribution in [0.25, 0.3) is 0 Å². The lowest BCUT2D eigenvalue weighted by Gasteiger charge is -2.13. The standard InChI is InChI=1S/C14H18N2O2/c1-3-15-9-12-6-4-5-11(2)14(12)17-10-13-7-8-16-18-13/h4-8,15H,3,9-10H2,1-2H3. The summed E-state index contributed by atoms with van der Waals surface area (Å²) < 4.78 is 10.9. The zero-order chi connectivity index (χ0) is 12.8. The van der Waals surface area contributed by atoms with Gasteiger partial charge in [-0.25, -0.2) is 0 Å². The highest BCUT2D eigenvalue weighted by atomic mass is 16.5. The summed E-state index contributed by atoms with van der Waals surface area (Å²) >= 11 is 0. The summed E-state index contributed by atoms with van der Waals surface area (Å²) in [4.78, 5) is 0. The van der Waals surface area contributed by atoms with Gasteiger partial charge in [0.2, 0.25) is 0 Å². The van der Waals surface area contributed by atoms with E-state index in [2.05, 4.69) is 23.5 Å². The van der Waals surface area contributed by atoms with E-state index in [-0.39, 0.29) is 0 Å². The Morgan fingerprint density at radius 2 is 2.22 bits per heavy atom. The Bertz CT molecular complexity index is 481. The molecule has 1 aromatic carbocycles. The van der Waals surface area contributed by atoms with Gasteiger partial charge in [0, 0.05) is 18.2 Å². The number of hydrogen-bond acceptors (Lipinski definition) is 4. The molecule has 1 heterocycles. The van der Waals surface area contributed by atoms with E-state index < -0.39 is 0 Å². The minimum absolute atomic E-state index is 0.407. The average Bonchev–Trinajstić information content (AvgIpc) is 2.88. The van der Waals surface area contributed by atoms with Crippen LogP contribution in [-0.2, 0) is 13.2 Å². The normalized spacial score (nSPS) is 10.6. The van der Waals surface area contributed by atoms with Gasteiger partial charge in [0.25, 0.3) is 0 Å². The summed E-state index contributed by atoms with van der Waals surface area (Å²) in [6.07, 6.45) is 1.62. The summed E-state index contributed by atoms with van der Waals surface area (Å²) in [6, 6.07) is 7.97. The van der Waals surface area contributed by atoms with E-state index in [1.165, 1.54) is 0 Å². The van der Waals surface area contributed by atoms with Gasteiger partial charge < -0.3 is 14.6 Å². The van der Waals surface area contributed by atoms with Gasteiger partial charge in [-0.2, -0.15) is 0 Å². The summed E-state index contributed by atoms with van der Waals surface area (Å²) in [5.41, 5.74) is 2.29. The van der Waals surface area contributed by atoms with Crippen LogP contribution in [0.4, 0.5) is 0 Å². The highest BCUT2D eigenvalue weighted by Crippen LogP contribution is 2.24. The van der Waals surface area contributed by atoms with E-state index in [1.54, 1.807) is 6.20 Å². The Labute approximate surface area is 107 Å². The molecule has 0 saturated carbocycles. The molecular weight excluding hydrogens is 228 g/mol. The van der Waals surface area contributed by atoms with Crippen molar-refractivity contribution in [2.75, 3.05) is 6.54 Å². The highest BCUT2D eigenvalue weighted by molar-refractivity contribution is 5.40. The SMILES string of the molecule is CCNCc1cccc(C)c1OCc1ccno1. The molecule has 4 heteroatoms. The van der Waals surface area contributed by atoms with Gasteiger partial charge in [0.05, 0.1) is 6.20 Å². The zero-order valence-corrected chi connectivity index (χ0v) is 10.8. The van der Waals surface area contributed by atoms with Crippen molar-refractivity contribution in [3.05, 3.63) is 47.3 Å². The lowest BCUT2D eigenvalue weighted by molar-refractivity contribution is 0.246. The van der Waals surface area contributed by atoms with E-state index in [4.69, 9.17) is 9.26 Å². The Hall–Kier alpha value is -1.81. The average molecular weight is 246 g/mol. The molecular formula is C14H18N2O2. The van der Waals surface area contributed by atoms with E-state index in [0.29, 0.717) is 6.61 Å². The van der Waals surface area contributed by atoms with Crippen LogP contribution in [0.15, 0.2) is 35.0 Å². The second kappa shape index (κ2) is 6.21. The van der Waals surface area contributed by atoms with Gasteiger partial charge in [-0.15, -0.1) is 0 Å². The van der Waals surface area contributed by atoms with Crippen molar-refractivity contribution in [3.63, 3.8) is 0 Å². The molecule has 0 radical (unpaired) electrons. The van der Waals surface area contributed by atoms with Crippen molar-refractivity contribution in [2.45, 2.75) is 27.0 Å². The van der Waals surface area contributed by atoms with Crippen LogP contribution in [-0.4, -0.2) is 11.7 Å². The van der Waals surface area contributed by atoms with Crippen LogP contribution < -0.4 is 10.1 Å². The molecule has 2 rings (SSSR count). The Morgan fingerprint density at radius 3 is 2.94 bits per heavy atom. The molecule has 1 aromatic heterocycles. The summed E-state index contributed by atoms with van der Waals surface area (Å²) in [6.45, 7) is 6.29. The fraction of sp³-hybridized carbons (Fsp3) is 0.357. The number of nitrogens with zero attached hydrogens (tertiary/aromatic N) is 1.